The summed E-state index contributed by atoms with van der Waals surface area (Å²) in [5.41, 5.74) is 1.12. The predicted octanol–water partition coefficient (Wildman–Crippen LogP) is 3.81. The van der Waals surface area contributed by atoms with Crippen LogP contribution in [0.25, 0.3) is 0 Å². The molecule has 17 heavy (non-hydrogen) atoms. The van der Waals surface area contributed by atoms with Gasteiger partial charge >= 0.3 is 0 Å². The van der Waals surface area contributed by atoms with Gasteiger partial charge < -0.3 is 9.47 Å². The van der Waals surface area contributed by atoms with E-state index in [4.69, 9.17) is 21.1 Å². The van der Waals surface area contributed by atoms with Crippen molar-refractivity contribution < 1.29 is 9.47 Å². The van der Waals surface area contributed by atoms with Crippen LogP contribution in [0.3, 0.4) is 0 Å². The molecule has 1 aliphatic rings. The first-order valence-electron chi connectivity index (χ1n) is 6.11. The largest absolute Gasteiger partial charge is 0.345 e. The molecule has 1 aliphatic heterocycles. The smallest absolute Gasteiger partial charge is 0.163 e. The normalized spacial score (nSPS) is 27.3. The Morgan fingerprint density at radius 1 is 1.18 bits per heavy atom. The van der Waals surface area contributed by atoms with Crippen LogP contribution in [0.5, 0.6) is 0 Å². The van der Waals surface area contributed by atoms with Crippen molar-refractivity contribution in [3.05, 3.63) is 34.9 Å². The van der Waals surface area contributed by atoms with E-state index in [0.717, 1.165) is 23.4 Å². The Labute approximate surface area is 108 Å². The monoisotopic (exact) mass is 254 g/mol. The van der Waals surface area contributed by atoms with E-state index in [1.807, 2.05) is 38.1 Å². The summed E-state index contributed by atoms with van der Waals surface area (Å²) in [4.78, 5) is 0. The first-order valence-corrected chi connectivity index (χ1v) is 6.48. The Morgan fingerprint density at radius 2 is 1.82 bits per heavy atom. The molecule has 2 nitrogen and oxygen atoms in total. The van der Waals surface area contributed by atoms with E-state index in [9.17, 15) is 0 Å². The fourth-order valence-corrected chi connectivity index (χ4v) is 2.52. The molecule has 2 atom stereocenters. The van der Waals surface area contributed by atoms with Gasteiger partial charge in [0.1, 0.15) is 0 Å². The third kappa shape index (κ3) is 3.01. The lowest BCUT2D eigenvalue weighted by atomic mass is 10.0. The molecule has 2 unspecified atom stereocenters. The lowest BCUT2D eigenvalue weighted by Gasteiger charge is -2.17. The maximum absolute atomic E-state index is 6.17. The molecule has 0 aliphatic carbocycles. The molecule has 2 rings (SSSR count). The van der Waals surface area contributed by atoms with Gasteiger partial charge in [0, 0.05) is 11.4 Å². The van der Waals surface area contributed by atoms with Gasteiger partial charge in [0.2, 0.25) is 0 Å². The minimum absolute atomic E-state index is 0.0925. The Morgan fingerprint density at radius 3 is 2.47 bits per heavy atom. The summed E-state index contributed by atoms with van der Waals surface area (Å²) < 4.78 is 11.8. The number of halogens is 1. The maximum Gasteiger partial charge on any atom is 0.163 e. The van der Waals surface area contributed by atoms with E-state index in [2.05, 4.69) is 6.92 Å². The highest BCUT2D eigenvalue weighted by Crippen LogP contribution is 2.32. The quantitative estimate of drug-likeness (QED) is 0.817. The van der Waals surface area contributed by atoms with Gasteiger partial charge in [-0.25, -0.2) is 0 Å². The number of hydrogen-bond donors (Lipinski definition) is 0. The van der Waals surface area contributed by atoms with Crippen LogP contribution < -0.4 is 0 Å². The van der Waals surface area contributed by atoms with Crippen molar-refractivity contribution >= 4 is 11.6 Å². The van der Waals surface area contributed by atoms with Crippen LogP contribution in [0.1, 0.15) is 32.8 Å². The molecular formula is C14H19ClO2. The Bertz CT molecular complexity index is 390. The molecule has 1 saturated heterocycles. The van der Waals surface area contributed by atoms with Crippen LogP contribution >= 0.6 is 11.6 Å². The fraction of sp³-hybridized carbons (Fsp3) is 0.571. The Balaban J connectivity index is 2.11. The topological polar surface area (TPSA) is 18.5 Å². The van der Waals surface area contributed by atoms with Crippen molar-refractivity contribution in [3.8, 4) is 0 Å². The zero-order chi connectivity index (χ0) is 12.5. The second kappa shape index (κ2) is 4.97. The zero-order valence-electron chi connectivity index (χ0n) is 10.6. The van der Waals surface area contributed by atoms with Crippen molar-refractivity contribution in [2.75, 3.05) is 0 Å². The third-order valence-electron chi connectivity index (χ3n) is 3.07. The molecule has 0 amide bonds. The molecule has 0 N–H and O–H groups in total. The molecule has 0 bridgehead atoms. The highest BCUT2D eigenvalue weighted by Gasteiger charge is 2.40. The summed E-state index contributed by atoms with van der Waals surface area (Å²) in [5.74, 6) is -0.480. The lowest BCUT2D eigenvalue weighted by molar-refractivity contribution is -0.146. The first kappa shape index (κ1) is 12.9. The maximum atomic E-state index is 6.17. The van der Waals surface area contributed by atoms with Gasteiger partial charge in [-0.3, -0.25) is 0 Å². The molecule has 0 aromatic heterocycles. The highest BCUT2D eigenvalue weighted by atomic mass is 35.5. The van der Waals surface area contributed by atoms with E-state index < -0.39 is 5.79 Å². The average molecular weight is 255 g/mol. The van der Waals surface area contributed by atoms with E-state index in [1.54, 1.807) is 0 Å². The van der Waals surface area contributed by atoms with Crippen LogP contribution in [-0.2, 0) is 15.9 Å². The van der Waals surface area contributed by atoms with Gasteiger partial charge in [0.25, 0.3) is 0 Å². The second-order valence-corrected chi connectivity index (χ2v) is 5.32. The van der Waals surface area contributed by atoms with Gasteiger partial charge in [-0.1, -0.05) is 36.7 Å². The van der Waals surface area contributed by atoms with Crippen molar-refractivity contribution in [1.82, 2.24) is 0 Å². The Hall–Kier alpha value is -0.570. The summed E-state index contributed by atoms with van der Waals surface area (Å²) >= 11 is 6.17. The summed E-state index contributed by atoms with van der Waals surface area (Å²) in [6.45, 7) is 6.04. The van der Waals surface area contributed by atoms with E-state index in [0.29, 0.717) is 0 Å². The van der Waals surface area contributed by atoms with Gasteiger partial charge in [-0.15, -0.1) is 0 Å². The SMILES string of the molecule is CCC1OC(C)(C)OC1Cc1ccccc1Cl. The standard InChI is InChI=1S/C14H19ClO2/c1-4-12-13(17-14(2,3)16-12)9-10-7-5-6-8-11(10)15/h5-8,12-13H,4,9H2,1-3H3. The van der Waals surface area contributed by atoms with E-state index in [-0.39, 0.29) is 12.2 Å². The third-order valence-corrected chi connectivity index (χ3v) is 3.44. The van der Waals surface area contributed by atoms with Gasteiger partial charge in [-0.2, -0.15) is 0 Å². The zero-order valence-corrected chi connectivity index (χ0v) is 11.3. The van der Waals surface area contributed by atoms with Crippen LogP contribution in [0.2, 0.25) is 5.02 Å². The summed E-state index contributed by atoms with van der Waals surface area (Å²) in [6.07, 6.45) is 2.01. The molecule has 1 aromatic rings. The number of hydrogen-bond acceptors (Lipinski definition) is 2. The number of rotatable bonds is 3. The lowest BCUT2D eigenvalue weighted by Crippen LogP contribution is -2.24. The van der Waals surface area contributed by atoms with Crippen molar-refractivity contribution in [2.24, 2.45) is 0 Å². The predicted molar refractivity (Wildman–Crippen MR) is 69.3 cm³/mol. The fourth-order valence-electron chi connectivity index (χ4n) is 2.31. The molecule has 1 fully saturated rings. The van der Waals surface area contributed by atoms with E-state index in [1.165, 1.54) is 0 Å². The second-order valence-electron chi connectivity index (χ2n) is 4.92. The molecule has 0 spiro atoms. The van der Waals surface area contributed by atoms with Crippen molar-refractivity contribution in [1.29, 1.82) is 0 Å². The summed E-state index contributed by atoms with van der Waals surface area (Å²) in [7, 11) is 0. The molecule has 0 saturated carbocycles. The minimum Gasteiger partial charge on any atom is -0.345 e. The molecule has 1 heterocycles. The highest BCUT2D eigenvalue weighted by molar-refractivity contribution is 6.31. The van der Waals surface area contributed by atoms with Crippen LogP contribution in [0.15, 0.2) is 24.3 Å². The van der Waals surface area contributed by atoms with Gasteiger partial charge in [0.15, 0.2) is 5.79 Å². The average Bonchev–Trinajstić information content (AvgIpc) is 2.56. The van der Waals surface area contributed by atoms with Gasteiger partial charge in [0.05, 0.1) is 12.2 Å². The van der Waals surface area contributed by atoms with Crippen LogP contribution in [0.4, 0.5) is 0 Å². The molecule has 1 aromatic carbocycles. The van der Waals surface area contributed by atoms with Gasteiger partial charge in [-0.05, 0) is 31.9 Å². The van der Waals surface area contributed by atoms with Crippen LogP contribution in [0, 0.1) is 0 Å². The number of ether oxygens (including phenoxy) is 2. The Kier molecular flexibility index (Phi) is 3.76. The molecule has 3 heteroatoms. The minimum atomic E-state index is -0.480. The molecular weight excluding hydrogens is 236 g/mol. The number of benzene rings is 1. The van der Waals surface area contributed by atoms with Crippen molar-refractivity contribution in [3.63, 3.8) is 0 Å². The van der Waals surface area contributed by atoms with Crippen molar-refractivity contribution in [2.45, 2.75) is 51.6 Å². The molecule has 0 radical (unpaired) electrons. The summed E-state index contributed by atoms with van der Waals surface area (Å²) in [5, 5.41) is 0.802. The molecule has 94 valence electrons. The summed E-state index contributed by atoms with van der Waals surface area (Å²) in [6, 6.07) is 7.91. The van der Waals surface area contributed by atoms with Crippen LogP contribution in [-0.4, -0.2) is 18.0 Å². The van der Waals surface area contributed by atoms with E-state index >= 15 is 0 Å². The first-order chi connectivity index (χ1) is 8.02.